The summed E-state index contributed by atoms with van der Waals surface area (Å²) in [5.74, 6) is -0.321. The molecule has 0 saturated carbocycles. The Hall–Kier alpha value is -3.67. The Morgan fingerprint density at radius 2 is 1.73 bits per heavy atom. The van der Waals surface area contributed by atoms with E-state index < -0.39 is 29.3 Å². The number of aliphatic hydroxyl groups excluding tert-OH is 1. The maximum absolute atomic E-state index is 13.0. The molecule has 0 spiro atoms. The summed E-state index contributed by atoms with van der Waals surface area (Å²) in [5, 5.41) is 20.8. The zero-order valence-corrected chi connectivity index (χ0v) is 18.0. The number of carbonyl (C=O) groups excluding carboxylic acids is 3. The normalized spacial score (nSPS) is 20.3. The molecule has 2 heterocycles. The molecule has 12 nitrogen and oxygen atoms in total. The van der Waals surface area contributed by atoms with Crippen molar-refractivity contribution in [3.05, 3.63) is 52.6 Å². The summed E-state index contributed by atoms with van der Waals surface area (Å²) in [5.41, 5.74) is 0.475. The molecule has 0 radical (unpaired) electrons. The molecule has 12 heteroatoms. The molecule has 3 rings (SSSR count). The number of non-ortho nitro benzene ring substituents is 1. The molecule has 0 aromatic heterocycles. The van der Waals surface area contributed by atoms with E-state index in [1.807, 2.05) is 0 Å². The molecule has 3 amide bonds. The van der Waals surface area contributed by atoms with Crippen LogP contribution in [0.4, 0.5) is 15.3 Å². The molecule has 2 aliphatic rings. The van der Waals surface area contributed by atoms with Crippen LogP contribution in [0.2, 0.25) is 0 Å². The van der Waals surface area contributed by atoms with Gasteiger partial charge in [-0.05, 0) is 17.7 Å². The third-order valence-electron chi connectivity index (χ3n) is 5.48. The number of likely N-dealkylation sites (tertiary alicyclic amines) is 1. The van der Waals surface area contributed by atoms with Gasteiger partial charge in [-0.1, -0.05) is 12.7 Å². The fourth-order valence-corrected chi connectivity index (χ4v) is 3.73. The quantitative estimate of drug-likeness (QED) is 0.377. The van der Waals surface area contributed by atoms with Crippen LogP contribution in [0.3, 0.4) is 0 Å². The molecule has 0 bridgehead atoms. The summed E-state index contributed by atoms with van der Waals surface area (Å²) < 4.78 is 10.3. The second-order valence-corrected chi connectivity index (χ2v) is 7.71. The zero-order chi connectivity index (χ0) is 24.0. The highest BCUT2D eigenvalue weighted by molar-refractivity contribution is 5.86. The van der Waals surface area contributed by atoms with Crippen LogP contribution in [0.5, 0.6) is 0 Å². The number of piperazine rings is 1. The first-order valence-corrected chi connectivity index (χ1v) is 10.5. The fraction of sp³-hybridized carbons (Fsp3) is 0.476. The van der Waals surface area contributed by atoms with E-state index in [9.17, 15) is 29.6 Å². The van der Waals surface area contributed by atoms with Crippen molar-refractivity contribution < 1.29 is 33.9 Å². The second-order valence-electron chi connectivity index (χ2n) is 7.71. The number of β-amino-alcohol motifs (C(OH)–C–C–N with tert-alkyl or cyclic N) is 1. The lowest BCUT2D eigenvalue weighted by Gasteiger charge is -2.36. The van der Waals surface area contributed by atoms with Gasteiger partial charge in [0.25, 0.3) is 5.69 Å². The molecule has 33 heavy (non-hydrogen) atoms. The lowest BCUT2D eigenvalue weighted by atomic mass is 10.1. The van der Waals surface area contributed by atoms with Crippen LogP contribution < -0.4 is 0 Å². The van der Waals surface area contributed by atoms with E-state index in [1.54, 1.807) is 4.90 Å². The van der Waals surface area contributed by atoms with Crippen molar-refractivity contribution in [2.24, 2.45) is 0 Å². The number of nitro benzene ring substituents is 1. The summed E-state index contributed by atoms with van der Waals surface area (Å²) in [6, 6.07) is 4.70. The van der Waals surface area contributed by atoms with Gasteiger partial charge < -0.3 is 24.4 Å². The molecule has 1 aromatic carbocycles. The topological polar surface area (TPSA) is 143 Å². The molecule has 2 aliphatic heterocycles. The van der Waals surface area contributed by atoms with Crippen LogP contribution >= 0.6 is 0 Å². The molecule has 1 N–H and O–H groups in total. The fourth-order valence-electron chi connectivity index (χ4n) is 3.73. The second kappa shape index (κ2) is 10.8. The van der Waals surface area contributed by atoms with Crippen molar-refractivity contribution in [3.8, 4) is 0 Å². The third-order valence-corrected chi connectivity index (χ3v) is 5.48. The highest BCUT2D eigenvalue weighted by Gasteiger charge is 2.42. The van der Waals surface area contributed by atoms with Crippen molar-refractivity contribution >= 4 is 23.8 Å². The molecule has 1 aromatic rings. The number of nitrogens with zero attached hydrogens (tertiary/aromatic N) is 4. The number of aliphatic hydroxyl groups is 1. The van der Waals surface area contributed by atoms with Crippen molar-refractivity contribution in [1.82, 2.24) is 14.7 Å². The van der Waals surface area contributed by atoms with Gasteiger partial charge in [-0.2, -0.15) is 0 Å². The van der Waals surface area contributed by atoms with E-state index in [2.05, 4.69) is 6.58 Å². The van der Waals surface area contributed by atoms with Gasteiger partial charge in [-0.3, -0.25) is 19.8 Å². The van der Waals surface area contributed by atoms with E-state index in [4.69, 9.17) is 9.47 Å². The SMILES string of the molecule is C=CCOC(=O)N1CCN(C(=O)[C@@H]2C[C@@H](O)CN2C(=O)OCc2ccc([N+](=O)[O-])cc2)CC1. The Balaban J connectivity index is 1.54. The molecule has 0 aliphatic carbocycles. The predicted octanol–water partition coefficient (Wildman–Crippen LogP) is 1.13. The first kappa shape index (κ1) is 24.0. The highest BCUT2D eigenvalue weighted by atomic mass is 16.6. The minimum atomic E-state index is -0.872. The summed E-state index contributed by atoms with van der Waals surface area (Å²) >= 11 is 0. The number of ether oxygens (including phenoxy) is 2. The van der Waals surface area contributed by atoms with E-state index >= 15 is 0 Å². The third kappa shape index (κ3) is 5.98. The average molecular weight is 462 g/mol. The van der Waals surface area contributed by atoms with E-state index in [1.165, 1.54) is 40.1 Å². The van der Waals surface area contributed by atoms with E-state index in [0.717, 1.165) is 0 Å². The Morgan fingerprint density at radius 1 is 1.09 bits per heavy atom. The number of benzene rings is 1. The number of rotatable bonds is 6. The largest absolute Gasteiger partial charge is 0.445 e. The summed E-state index contributed by atoms with van der Waals surface area (Å²) in [4.78, 5) is 52.0. The Morgan fingerprint density at radius 3 is 2.33 bits per heavy atom. The van der Waals surface area contributed by atoms with Gasteiger partial charge in [-0.15, -0.1) is 0 Å². The first-order valence-electron chi connectivity index (χ1n) is 10.5. The Bertz CT molecular complexity index is 898. The summed E-state index contributed by atoms with van der Waals surface area (Å²) in [6.45, 7) is 4.57. The minimum absolute atomic E-state index is 0.0383. The number of amides is 3. The van der Waals surface area contributed by atoms with Crippen molar-refractivity contribution in [2.75, 3.05) is 39.3 Å². The molecular weight excluding hydrogens is 436 g/mol. The average Bonchev–Trinajstić information content (AvgIpc) is 3.22. The lowest BCUT2D eigenvalue weighted by Crippen LogP contribution is -2.55. The van der Waals surface area contributed by atoms with Crippen LogP contribution in [0.25, 0.3) is 0 Å². The lowest BCUT2D eigenvalue weighted by molar-refractivity contribution is -0.384. The maximum atomic E-state index is 13.0. The molecule has 178 valence electrons. The minimum Gasteiger partial charge on any atom is -0.445 e. The van der Waals surface area contributed by atoms with Gasteiger partial charge in [0.05, 0.1) is 17.6 Å². The smallest absolute Gasteiger partial charge is 0.410 e. The van der Waals surface area contributed by atoms with Crippen molar-refractivity contribution in [2.45, 2.75) is 25.2 Å². The Labute approximate surface area is 190 Å². The van der Waals surface area contributed by atoms with Gasteiger partial charge in [-0.25, -0.2) is 9.59 Å². The molecule has 2 atom stereocenters. The molecule has 2 fully saturated rings. The van der Waals surface area contributed by atoms with Crippen LogP contribution in [0, 0.1) is 10.1 Å². The molecular formula is C21H26N4O8. The number of hydrogen-bond donors (Lipinski definition) is 1. The number of nitro groups is 1. The predicted molar refractivity (Wildman–Crippen MR) is 114 cm³/mol. The van der Waals surface area contributed by atoms with Gasteiger partial charge in [0, 0.05) is 44.7 Å². The van der Waals surface area contributed by atoms with Gasteiger partial charge >= 0.3 is 12.2 Å². The summed E-state index contributed by atoms with van der Waals surface area (Å²) in [6.07, 6.45) is -0.531. The highest BCUT2D eigenvalue weighted by Crippen LogP contribution is 2.22. The standard InChI is InChI=1S/C21H26N4O8/c1-2-11-32-20(28)23-9-7-22(8-10-23)19(27)18-12-17(26)13-24(18)21(29)33-14-15-3-5-16(6-4-15)25(30)31/h2-6,17-18,26H,1,7-14H2/t17-,18+/m1/s1. The Kier molecular flexibility index (Phi) is 7.83. The number of carbonyl (C=O) groups is 3. The first-order chi connectivity index (χ1) is 15.8. The van der Waals surface area contributed by atoms with Gasteiger partial charge in [0.2, 0.25) is 5.91 Å². The van der Waals surface area contributed by atoms with Crippen LogP contribution in [-0.4, -0.2) is 94.3 Å². The van der Waals surface area contributed by atoms with Gasteiger partial charge in [0.1, 0.15) is 19.3 Å². The van der Waals surface area contributed by atoms with Crippen LogP contribution in [-0.2, 0) is 20.9 Å². The van der Waals surface area contributed by atoms with Gasteiger partial charge in [0.15, 0.2) is 0 Å². The van der Waals surface area contributed by atoms with E-state index in [-0.39, 0.29) is 50.9 Å². The van der Waals surface area contributed by atoms with Crippen LogP contribution in [0.15, 0.2) is 36.9 Å². The molecule has 0 unspecified atom stereocenters. The van der Waals surface area contributed by atoms with Crippen molar-refractivity contribution in [3.63, 3.8) is 0 Å². The summed E-state index contributed by atoms with van der Waals surface area (Å²) in [7, 11) is 0. The van der Waals surface area contributed by atoms with Crippen LogP contribution in [0.1, 0.15) is 12.0 Å². The maximum Gasteiger partial charge on any atom is 0.410 e. The monoisotopic (exact) mass is 462 g/mol. The van der Waals surface area contributed by atoms with E-state index in [0.29, 0.717) is 18.7 Å². The number of hydrogen-bond acceptors (Lipinski definition) is 8. The zero-order valence-electron chi connectivity index (χ0n) is 18.0. The molecule has 2 saturated heterocycles. The van der Waals surface area contributed by atoms with Crippen molar-refractivity contribution in [1.29, 1.82) is 0 Å².